The standard InChI is InChI=1S/C24H30O4S/c1-19(25)27-23-15-5-3-11-21(23)13-7-9-17-29-18-10-8-14-22-12-4-6-16-24(22)28-20(2)26/h3-6,11-12,15-16H,7-10,13-14,17-18H2,1-2H3. The summed E-state index contributed by atoms with van der Waals surface area (Å²) in [5.41, 5.74) is 2.19. The molecule has 156 valence electrons. The number of ether oxygens (including phenoxy) is 2. The van der Waals surface area contributed by atoms with Crippen LogP contribution in [0.1, 0.15) is 50.7 Å². The topological polar surface area (TPSA) is 52.6 Å². The summed E-state index contributed by atoms with van der Waals surface area (Å²) in [6.45, 7) is 2.87. The zero-order chi connectivity index (χ0) is 20.9. The molecule has 0 N–H and O–H groups in total. The summed E-state index contributed by atoms with van der Waals surface area (Å²) in [7, 11) is 0. The maximum Gasteiger partial charge on any atom is 0.308 e. The molecule has 0 aliphatic rings. The third-order valence-corrected chi connectivity index (χ3v) is 5.58. The Labute approximate surface area is 178 Å². The number of aryl methyl sites for hydroxylation is 2. The van der Waals surface area contributed by atoms with Gasteiger partial charge in [0.2, 0.25) is 0 Å². The van der Waals surface area contributed by atoms with E-state index >= 15 is 0 Å². The van der Waals surface area contributed by atoms with Gasteiger partial charge in [0, 0.05) is 13.8 Å². The highest BCUT2D eigenvalue weighted by Crippen LogP contribution is 2.22. The number of thioether (sulfide) groups is 1. The van der Waals surface area contributed by atoms with E-state index in [0.29, 0.717) is 11.5 Å². The normalized spacial score (nSPS) is 10.6. The molecule has 5 heteroatoms. The van der Waals surface area contributed by atoms with Crippen molar-refractivity contribution in [2.45, 2.75) is 52.4 Å². The number of esters is 2. The van der Waals surface area contributed by atoms with Gasteiger partial charge in [-0.05, 0) is 73.3 Å². The minimum Gasteiger partial charge on any atom is -0.426 e. The van der Waals surface area contributed by atoms with Gasteiger partial charge in [-0.3, -0.25) is 9.59 Å². The Morgan fingerprint density at radius 2 is 1.10 bits per heavy atom. The van der Waals surface area contributed by atoms with E-state index in [0.717, 1.165) is 61.2 Å². The van der Waals surface area contributed by atoms with Gasteiger partial charge in [0.25, 0.3) is 0 Å². The summed E-state index contributed by atoms with van der Waals surface area (Å²) in [4.78, 5) is 22.4. The molecule has 4 nitrogen and oxygen atoms in total. The molecule has 0 radical (unpaired) electrons. The Hall–Kier alpha value is -2.27. The van der Waals surface area contributed by atoms with Gasteiger partial charge >= 0.3 is 11.9 Å². The third-order valence-electron chi connectivity index (χ3n) is 4.42. The van der Waals surface area contributed by atoms with Crippen molar-refractivity contribution >= 4 is 23.7 Å². The molecule has 0 unspecified atom stereocenters. The lowest BCUT2D eigenvalue weighted by atomic mass is 10.1. The number of hydrogen-bond donors (Lipinski definition) is 0. The molecule has 2 rings (SSSR count). The molecular formula is C24H30O4S. The number of benzene rings is 2. The van der Waals surface area contributed by atoms with Crippen LogP contribution in [0, 0.1) is 0 Å². The lowest BCUT2D eigenvalue weighted by Gasteiger charge is -2.09. The van der Waals surface area contributed by atoms with E-state index in [9.17, 15) is 9.59 Å². The predicted molar refractivity (Wildman–Crippen MR) is 119 cm³/mol. The monoisotopic (exact) mass is 414 g/mol. The zero-order valence-electron chi connectivity index (χ0n) is 17.3. The molecule has 2 aromatic carbocycles. The number of carbonyl (C=O) groups is 2. The summed E-state index contributed by atoms with van der Waals surface area (Å²) in [5.74, 6) is 3.09. The zero-order valence-corrected chi connectivity index (χ0v) is 18.1. The molecule has 0 saturated carbocycles. The average Bonchev–Trinajstić information content (AvgIpc) is 2.68. The Morgan fingerprint density at radius 1 is 0.690 bits per heavy atom. The molecule has 0 heterocycles. The molecule has 0 amide bonds. The molecular weight excluding hydrogens is 384 g/mol. The lowest BCUT2D eigenvalue weighted by Crippen LogP contribution is -2.04. The first-order chi connectivity index (χ1) is 14.1. The molecule has 0 bridgehead atoms. The molecule has 29 heavy (non-hydrogen) atoms. The highest BCUT2D eigenvalue weighted by atomic mass is 32.2. The number of hydrogen-bond acceptors (Lipinski definition) is 5. The van der Waals surface area contributed by atoms with Gasteiger partial charge in [-0.2, -0.15) is 11.8 Å². The summed E-state index contributed by atoms with van der Waals surface area (Å²) >= 11 is 1.98. The van der Waals surface area contributed by atoms with Crippen LogP contribution in [0.5, 0.6) is 11.5 Å². The van der Waals surface area contributed by atoms with Crippen LogP contribution in [0.3, 0.4) is 0 Å². The number of rotatable bonds is 12. The summed E-state index contributed by atoms with van der Waals surface area (Å²) < 4.78 is 10.5. The van der Waals surface area contributed by atoms with E-state index < -0.39 is 0 Å². The first kappa shape index (κ1) is 23.0. The van der Waals surface area contributed by atoms with Crippen molar-refractivity contribution in [3.8, 4) is 11.5 Å². The first-order valence-corrected chi connectivity index (χ1v) is 11.3. The highest BCUT2D eigenvalue weighted by molar-refractivity contribution is 7.99. The molecule has 2 aromatic rings. The van der Waals surface area contributed by atoms with Crippen LogP contribution in [-0.4, -0.2) is 23.4 Å². The van der Waals surface area contributed by atoms with Crippen LogP contribution >= 0.6 is 11.8 Å². The molecule has 0 saturated heterocycles. The molecule has 0 aliphatic heterocycles. The molecule has 0 aliphatic carbocycles. The third kappa shape index (κ3) is 9.18. The van der Waals surface area contributed by atoms with Crippen molar-refractivity contribution in [1.82, 2.24) is 0 Å². The fourth-order valence-corrected chi connectivity index (χ4v) is 4.09. The first-order valence-electron chi connectivity index (χ1n) is 10.2. The van der Waals surface area contributed by atoms with Crippen LogP contribution in [-0.2, 0) is 22.4 Å². The predicted octanol–water partition coefficient (Wildman–Crippen LogP) is 5.62. The quantitative estimate of drug-likeness (QED) is 0.256. The van der Waals surface area contributed by atoms with Gasteiger partial charge in [-0.25, -0.2) is 0 Å². The second-order valence-electron chi connectivity index (χ2n) is 6.93. The minimum atomic E-state index is -0.275. The molecule has 0 atom stereocenters. The highest BCUT2D eigenvalue weighted by Gasteiger charge is 2.06. The fraction of sp³-hybridized carbons (Fsp3) is 0.417. The Kier molecular flexibility index (Phi) is 10.4. The van der Waals surface area contributed by atoms with Crippen molar-refractivity contribution in [1.29, 1.82) is 0 Å². The van der Waals surface area contributed by atoms with Crippen LogP contribution in [0.15, 0.2) is 48.5 Å². The van der Waals surface area contributed by atoms with E-state index in [1.165, 1.54) is 13.8 Å². The van der Waals surface area contributed by atoms with Crippen molar-refractivity contribution in [3.05, 3.63) is 59.7 Å². The largest absolute Gasteiger partial charge is 0.426 e. The van der Waals surface area contributed by atoms with Gasteiger partial charge in [0.05, 0.1) is 0 Å². The maximum atomic E-state index is 11.2. The van der Waals surface area contributed by atoms with Crippen molar-refractivity contribution in [2.24, 2.45) is 0 Å². The number of para-hydroxylation sites is 2. The molecule has 0 aromatic heterocycles. The van der Waals surface area contributed by atoms with Crippen LogP contribution in [0.2, 0.25) is 0 Å². The number of carbonyl (C=O) groups excluding carboxylic acids is 2. The lowest BCUT2D eigenvalue weighted by molar-refractivity contribution is -0.132. The fourth-order valence-electron chi connectivity index (χ4n) is 3.07. The Balaban J connectivity index is 1.57. The SMILES string of the molecule is CC(=O)Oc1ccccc1CCCCSCCCCc1ccccc1OC(C)=O. The Morgan fingerprint density at radius 3 is 1.52 bits per heavy atom. The number of unbranched alkanes of at least 4 members (excludes halogenated alkanes) is 2. The van der Waals surface area contributed by atoms with Crippen LogP contribution in [0.25, 0.3) is 0 Å². The van der Waals surface area contributed by atoms with Crippen molar-refractivity contribution < 1.29 is 19.1 Å². The smallest absolute Gasteiger partial charge is 0.308 e. The van der Waals surface area contributed by atoms with E-state index in [-0.39, 0.29) is 11.9 Å². The second kappa shape index (κ2) is 13.0. The minimum absolute atomic E-state index is 0.275. The Bertz CT molecular complexity index is 722. The van der Waals surface area contributed by atoms with E-state index in [4.69, 9.17) is 9.47 Å². The van der Waals surface area contributed by atoms with Gasteiger partial charge in [-0.1, -0.05) is 36.4 Å². The summed E-state index contributed by atoms with van der Waals surface area (Å²) in [6, 6.07) is 15.5. The maximum absolute atomic E-state index is 11.2. The van der Waals surface area contributed by atoms with Gasteiger partial charge in [0.15, 0.2) is 0 Å². The van der Waals surface area contributed by atoms with Gasteiger partial charge in [-0.15, -0.1) is 0 Å². The average molecular weight is 415 g/mol. The van der Waals surface area contributed by atoms with Crippen LogP contribution < -0.4 is 9.47 Å². The van der Waals surface area contributed by atoms with E-state index in [2.05, 4.69) is 0 Å². The summed E-state index contributed by atoms with van der Waals surface area (Å²) in [6.07, 6.45) is 6.32. The molecule has 0 fully saturated rings. The summed E-state index contributed by atoms with van der Waals surface area (Å²) in [5, 5.41) is 0. The van der Waals surface area contributed by atoms with Crippen molar-refractivity contribution in [3.63, 3.8) is 0 Å². The van der Waals surface area contributed by atoms with Crippen LogP contribution in [0.4, 0.5) is 0 Å². The second-order valence-corrected chi connectivity index (χ2v) is 8.15. The van der Waals surface area contributed by atoms with E-state index in [1.54, 1.807) is 0 Å². The van der Waals surface area contributed by atoms with Gasteiger partial charge in [0.1, 0.15) is 11.5 Å². The van der Waals surface area contributed by atoms with Crippen molar-refractivity contribution in [2.75, 3.05) is 11.5 Å². The molecule has 0 spiro atoms. The van der Waals surface area contributed by atoms with Gasteiger partial charge < -0.3 is 9.47 Å². The van der Waals surface area contributed by atoms with E-state index in [1.807, 2.05) is 60.3 Å².